The number of carbonyl (C=O) groups is 3. The zero-order chi connectivity index (χ0) is 22.7. The summed E-state index contributed by atoms with van der Waals surface area (Å²) in [6.45, 7) is 4.88. The van der Waals surface area contributed by atoms with Crippen molar-refractivity contribution in [1.29, 1.82) is 0 Å². The number of rotatable bonds is 8. The van der Waals surface area contributed by atoms with Crippen molar-refractivity contribution in [2.24, 2.45) is 17.0 Å². The van der Waals surface area contributed by atoms with Crippen molar-refractivity contribution in [3.8, 4) is 12.3 Å². The highest BCUT2D eigenvalue weighted by Gasteiger charge is 2.39. The molecule has 1 heterocycles. The van der Waals surface area contributed by atoms with E-state index < -0.39 is 23.5 Å². The van der Waals surface area contributed by atoms with Gasteiger partial charge in [0.1, 0.15) is 6.04 Å². The van der Waals surface area contributed by atoms with Crippen LogP contribution in [0.4, 0.5) is 0 Å². The van der Waals surface area contributed by atoms with Crippen LogP contribution in [-0.2, 0) is 20.9 Å². The molecular weight excluding hydrogens is 386 g/mol. The normalized spacial score (nSPS) is 16.6. The van der Waals surface area contributed by atoms with E-state index in [9.17, 15) is 19.5 Å². The average Bonchev–Trinajstić information content (AvgIpc) is 3.13. The van der Waals surface area contributed by atoms with Gasteiger partial charge in [-0.05, 0) is 29.5 Å². The van der Waals surface area contributed by atoms with Gasteiger partial charge in [-0.25, -0.2) is 5.43 Å². The van der Waals surface area contributed by atoms with Crippen molar-refractivity contribution in [2.75, 3.05) is 13.1 Å². The number of primary amides is 1. The second-order valence-electron chi connectivity index (χ2n) is 7.80. The first-order valence-corrected chi connectivity index (χ1v) is 9.58. The van der Waals surface area contributed by atoms with Gasteiger partial charge in [0, 0.05) is 31.6 Å². The van der Waals surface area contributed by atoms with Crippen molar-refractivity contribution in [2.45, 2.75) is 45.4 Å². The average molecular weight is 418 g/mol. The second kappa shape index (κ2) is 11.9. The maximum atomic E-state index is 12.3. The standard InChI is InChI=1S/C11H22N4O3.C10H9NO/c1-11(2,5-8(12)17)9(14-13)10(18)15-4-3-7(16)6-15;1-2-9-3-5-10(6-4-9)7-11-8-12/h7,9,14,16H,3-6,13H2,1-2H3,(H2,12,17);1,3-6,8H,7H2,(H,11,12). The summed E-state index contributed by atoms with van der Waals surface area (Å²) >= 11 is 0. The Kier molecular flexibility index (Phi) is 9.98. The van der Waals surface area contributed by atoms with Crippen molar-refractivity contribution in [3.05, 3.63) is 35.4 Å². The molecule has 2 atom stereocenters. The molecule has 0 aliphatic carbocycles. The topological polar surface area (TPSA) is 151 Å². The number of likely N-dealkylation sites (tertiary alicyclic amines) is 1. The van der Waals surface area contributed by atoms with E-state index in [2.05, 4.69) is 16.7 Å². The molecule has 1 aromatic carbocycles. The minimum atomic E-state index is -0.699. The van der Waals surface area contributed by atoms with E-state index >= 15 is 0 Å². The van der Waals surface area contributed by atoms with Crippen molar-refractivity contribution in [3.63, 3.8) is 0 Å². The smallest absolute Gasteiger partial charge is 0.241 e. The Hall–Kier alpha value is -2.93. The molecule has 9 heteroatoms. The molecule has 0 spiro atoms. The fourth-order valence-corrected chi connectivity index (χ4v) is 3.19. The number of hydrazine groups is 1. The Morgan fingerprint density at radius 3 is 2.47 bits per heavy atom. The Balaban J connectivity index is 0.000000325. The molecule has 3 amide bonds. The minimum Gasteiger partial charge on any atom is -0.391 e. The van der Waals surface area contributed by atoms with Crippen molar-refractivity contribution in [1.82, 2.24) is 15.6 Å². The van der Waals surface area contributed by atoms with E-state index in [1.54, 1.807) is 18.7 Å². The van der Waals surface area contributed by atoms with E-state index in [0.29, 0.717) is 32.5 Å². The van der Waals surface area contributed by atoms with Crippen molar-refractivity contribution >= 4 is 18.2 Å². The third-order valence-electron chi connectivity index (χ3n) is 4.81. The van der Waals surface area contributed by atoms with Gasteiger partial charge in [0.05, 0.1) is 6.10 Å². The lowest BCUT2D eigenvalue weighted by Crippen LogP contribution is -2.56. The molecule has 2 unspecified atom stereocenters. The molecule has 1 saturated heterocycles. The molecule has 1 fully saturated rings. The van der Waals surface area contributed by atoms with Crippen LogP contribution in [0.5, 0.6) is 0 Å². The van der Waals surface area contributed by atoms with Gasteiger partial charge in [-0.1, -0.05) is 31.9 Å². The predicted octanol–water partition coefficient (Wildman–Crippen LogP) is -0.773. The number of aliphatic hydroxyl groups excluding tert-OH is 1. The van der Waals surface area contributed by atoms with E-state index in [1.807, 2.05) is 24.3 Å². The van der Waals surface area contributed by atoms with E-state index in [0.717, 1.165) is 11.1 Å². The van der Waals surface area contributed by atoms with E-state index in [4.69, 9.17) is 18.0 Å². The van der Waals surface area contributed by atoms with Gasteiger partial charge < -0.3 is 21.1 Å². The summed E-state index contributed by atoms with van der Waals surface area (Å²) in [5.41, 5.74) is 8.85. The Morgan fingerprint density at radius 1 is 1.40 bits per heavy atom. The van der Waals surface area contributed by atoms with Gasteiger partial charge >= 0.3 is 0 Å². The maximum absolute atomic E-state index is 12.3. The Bertz CT molecular complexity index is 758. The molecule has 0 bridgehead atoms. The molecule has 0 aromatic heterocycles. The molecule has 2 rings (SSSR count). The van der Waals surface area contributed by atoms with Gasteiger partial charge in [0.2, 0.25) is 18.2 Å². The number of terminal acetylenes is 1. The van der Waals surface area contributed by atoms with Crippen LogP contribution in [0, 0.1) is 17.8 Å². The molecular formula is C21H31N5O4. The molecule has 7 N–H and O–H groups in total. The SMILES string of the molecule is C#Cc1ccc(CNC=O)cc1.CC(C)(CC(N)=O)C(NN)C(=O)N1CCC(O)C1. The van der Waals surface area contributed by atoms with Crippen LogP contribution in [0.15, 0.2) is 24.3 Å². The number of nitrogens with two attached hydrogens (primary N) is 2. The molecule has 0 saturated carbocycles. The first-order valence-electron chi connectivity index (χ1n) is 9.58. The number of carbonyl (C=O) groups excluding carboxylic acids is 3. The third-order valence-corrected chi connectivity index (χ3v) is 4.81. The van der Waals surface area contributed by atoms with Crippen LogP contribution in [0.2, 0.25) is 0 Å². The van der Waals surface area contributed by atoms with Crippen LogP contribution < -0.4 is 22.3 Å². The van der Waals surface area contributed by atoms with Crippen LogP contribution in [0.3, 0.4) is 0 Å². The summed E-state index contributed by atoms with van der Waals surface area (Å²) in [7, 11) is 0. The zero-order valence-electron chi connectivity index (χ0n) is 17.4. The van der Waals surface area contributed by atoms with Crippen LogP contribution in [0.25, 0.3) is 0 Å². The summed E-state index contributed by atoms with van der Waals surface area (Å²) in [4.78, 5) is 34.8. The molecule has 30 heavy (non-hydrogen) atoms. The van der Waals surface area contributed by atoms with Crippen LogP contribution in [-0.4, -0.2) is 53.5 Å². The van der Waals surface area contributed by atoms with Gasteiger partial charge in [-0.15, -0.1) is 6.42 Å². The second-order valence-corrected chi connectivity index (χ2v) is 7.80. The number of nitrogens with zero attached hydrogens (tertiary/aromatic N) is 1. The first-order chi connectivity index (χ1) is 14.1. The van der Waals surface area contributed by atoms with Gasteiger partial charge in [-0.2, -0.15) is 0 Å². The summed E-state index contributed by atoms with van der Waals surface area (Å²) in [6.07, 6.45) is 6.00. The largest absolute Gasteiger partial charge is 0.391 e. The minimum absolute atomic E-state index is 0.0595. The van der Waals surface area contributed by atoms with E-state index in [-0.39, 0.29) is 12.3 Å². The fourth-order valence-electron chi connectivity index (χ4n) is 3.19. The number of hydrogen-bond donors (Lipinski definition) is 5. The predicted molar refractivity (Wildman–Crippen MR) is 113 cm³/mol. The molecule has 1 aliphatic heterocycles. The number of β-amino-alcohol motifs (C(OH)–C–C–N with tert-alkyl or cyclic N) is 1. The zero-order valence-corrected chi connectivity index (χ0v) is 17.4. The highest BCUT2D eigenvalue weighted by atomic mass is 16.3. The van der Waals surface area contributed by atoms with Crippen molar-refractivity contribution < 1.29 is 19.5 Å². The molecule has 164 valence electrons. The maximum Gasteiger partial charge on any atom is 0.241 e. The summed E-state index contributed by atoms with van der Waals surface area (Å²) < 4.78 is 0. The molecule has 9 nitrogen and oxygen atoms in total. The quantitative estimate of drug-likeness (QED) is 0.162. The lowest BCUT2D eigenvalue weighted by molar-refractivity contribution is -0.136. The summed E-state index contributed by atoms with van der Waals surface area (Å²) in [5, 5.41) is 12.0. The van der Waals surface area contributed by atoms with Crippen LogP contribution in [0.1, 0.15) is 37.8 Å². The van der Waals surface area contributed by atoms with Crippen LogP contribution >= 0.6 is 0 Å². The fraction of sp³-hybridized carbons (Fsp3) is 0.476. The molecule has 1 aromatic rings. The van der Waals surface area contributed by atoms with Gasteiger partial charge in [0.15, 0.2) is 0 Å². The highest BCUT2D eigenvalue weighted by Crippen LogP contribution is 2.27. The third kappa shape index (κ3) is 7.83. The number of aliphatic hydroxyl groups is 1. The van der Waals surface area contributed by atoms with Gasteiger partial charge in [-0.3, -0.25) is 20.2 Å². The number of amides is 3. The first kappa shape index (κ1) is 25.1. The van der Waals surface area contributed by atoms with E-state index in [1.165, 1.54) is 0 Å². The Labute approximate surface area is 177 Å². The highest BCUT2D eigenvalue weighted by molar-refractivity contribution is 5.84. The lowest BCUT2D eigenvalue weighted by Gasteiger charge is -2.34. The molecule has 1 aliphatic rings. The summed E-state index contributed by atoms with van der Waals surface area (Å²) in [5.74, 6) is 7.26. The number of nitrogens with one attached hydrogen (secondary N) is 2. The lowest BCUT2D eigenvalue weighted by atomic mass is 9.80. The summed E-state index contributed by atoms with van der Waals surface area (Å²) in [6, 6.07) is 6.79. The molecule has 0 radical (unpaired) electrons. The van der Waals surface area contributed by atoms with Gasteiger partial charge in [0.25, 0.3) is 0 Å². The Morgan fingerprint density at radius 2 is 2.03 bits per heavy atom. The number of benzene rings is 1. The monoisotopic (exact) mass is 417 g/mol. The number of hydrogen-bond acceptors (Lipinski definition) is 6.